The van der Waals surface area contributed by atoms with Crippen molar-refractivity contribution in [1.29, 1.82) is 0 Å². The van der Waals surface area contributed by atoms with Crippen molar-refractivity contribution in [2.45, 2.75) is 18.6 Å². The summed E-state index contributed by atoms with van der Waals surface area (Å²) in [7, 11) is 1.15. The highest BCUT2D eigenvalue weighted by molar-refractivity contribution is 5.96. The first-order chi connectivity index (χ1) is 9.21. The summed E-state index contributed by atoms with van der Waals surface area (Å²) < 4.78 is 38.1. The summed E-state index contributed by atoms with van der Waals surface area (Å²) in [5, 5.41) is 11.6. The van der Waals surface area contributed by atoms with E-state index < -0.39 is 34.3 Å². The van der Waals surface area contributed by atoms with E-state index in [0.29, 0.717) is 0 Å². The monoisotopic (exact) mass is 289 g/mol. The molecule has 0 fully saturated rings. The zero-order valence-corrected chi connectivity index (χ0v) is 10.3. The lowest BCUT2D eigenvalue weighted by Gasteiger charge is -2.20. The fraction of sp³-hybridized carbons (Fsp3) is 0.364. The zero-order chi connectivity index (χ0) is 15.1. The molecule has 0 bridgehead atoms. The lowest BCUT2D eigenvalue weighted by atomic mass is 9.96. The van der Waals surface area contributed by atoms with E-state index in [1.807, 2.05) is 0 Å². The molecule has 1 heterocycles. The van der Waals surface area contributed by atoms with Crippen molar-refractivity contribution < 1.29 is 22.9 Å². The van der Waals surface area contributed by atoms with Gasteiger partial charge in [-0.1, -0.05) is 12.2 Å². The minimum Gasteiger partial charge on any atom is -0.307 e. The number of rotatable bonds is 2. The number of nitro groups is 1. The number of Topliss-reactive ketones (excluding diaryl/α,β-unsaturated/α-hetero) is 1. The first kappa shape index (κ1) is 14.3. The fourth-order valence-corrected chi connectivity index (χ4v) is 2.12. The Balaban J connectivity index is 2.44. The molecule has 1 aliphatic heterocycles. The van der Waals surface area contributed by atoms with Crippen LogP contribution in [-0.4, -0.2) is 35.0 Å². The summed E-state index contributed by atoms with van der Waals surface area (Å²) in [5.74, 6) is -0.717. The SMILES string of the molecule is CN1NC(C2=C([N+](=O)[O-])C(=O)CC=C2)C=C1C(F)(F)F. The quantitative estimate of drug-likeness (QED) is 0.613. The Bertz CT molecular complexity index is 563. The number of allylic oxidation sites excluding steroid dienone is 3. The lowest BCUT2D eigenvalue weighted by Crippen LogP contribution is -2.38. The van der Waals surface area contributed by atoms with Gasteiger partial charge in [-0.15, -0.1) is 0 Å². The van der Waals surface area contributed by atoms with Crippen LogP contribution < -0.4 is 5.43 Å². The molecule has 20 heavy (non-hydrogen) atoms. The topological polar surface area (TPSA) is 75.5 Å². The van der Waals surface area contributed by atoms with Crippen LogP contribution in [0.1, 0.15) is 6.42 Å². The van der Waals surface area contributed by atoms with Crippen molar-refractivity contribution >= 4 is 5.78 Å². The third-order valence-corrected chi connectivity index (χ3v) is 2.96. The molecule has 1 atom stereocenters. The van der Waals surface area contributed by atoms with E-state index in [1.54, 1.807) is 0 Å². The maximum atomic E-state index is 12.7. The summed E-state index contributed by atoms with van der Waals surface area (Å²) in [4.78, 5) is 21.6. The van der Waals surface area contributed by atoms with Gasteiger partial charge in [0.1, 0.15) is 5.70 Å². The molecule has 2 rings (SSSR count). The molecule has 1 N–H and O–H groups in total. The summed E-state index contributed by atoms with van der Waals surface area (Å²) >= 11 is 0. The van der Waals surface area contributed by atoms with Gasteiger partial charge in [0.15, 0.2) is 0 Å². The van der Waals surface area contributed by atoms with E-state index in [2.05, 4.69) is 5.43 Å². The van der Waals surface area contributed by atoms with Crippen LogP contribution in [0.15, 0.2) is 35.2 Å². The molecule has 9 heteroatoms. The van der Waals surface area contributed by atoms with Crippen LogP contribution in [0.25, 0.3) is 0 Å². The molecule has 6 nitrogen and oxygen atoms in total. The first-order valence-corrected chi connectivity index (χ1v) is 5.59. The first-order valence-electron chi connectivity index (χ1n) is 5.59. The van der Waals surface area contributed by atoms with Crippen molar-refractivity contribution in [2.75, 3.05) is 7.05 Å². The number of hydrazine groups is 1. The molecule has 0 radical (unpaired) electrons. The highest BCUT2D eigenvalue weighted by Crippen LogP contribution is 2.33. The van der Waals surface area contributed by atoms with E-state index in [0.717, 1.165) is 18.1 Å². The fourth-order valence-electron chi connectivity index (χ4n) is 2.12. The van der Waals surface area contributed by atoms with Crippen LogP contribution in [0.2, 0.25) is 0 Å². The van der Waals surface area contributed by atoms with Crippen LogP contribution in [0, 0.1) is 10.1 Å². The number of nitrogens with one attached hydrogen (secondary N) is 1. The van der Waals surface area contributed by atoms with Gasteiger partial charge in [-0.25, -0.2) is 5.43 Å². The number of halogens is 3. The second kappa shape index (κ2) is 4.75. The number of hydrogen-bond donors (Lipinski definition) is 1. The maximum Gasteiger partial charge on any atom is 0.432 e. The number of carbonyl (C=O) groups is 1. The highest BCUT2D eigenvalue weighted by atomic mass is 19.4. The van der Waals surface area contributed by atoms with Gasteiger partial charge in [0.05, 0.1) is 16.5 Å². The smallest absolute Gasteiger partial charge is 0.307 e. The van der Waals surface area contributed by atoms with E-state index >= 15 is 0 Å². The largest absolute Gasteiger partial charge is 0.432 e. The van der Waals surface area contributed by atoms with Gasteiger partial charge >= 0.3 is 11.9 Å². The van der Waals surface area contributed by atoms with E-state index in [-0.39, 0.29) is 12.0 Å². The molecule has 0 saturated heterocycles. The average Bonchev–Trinajstić information content (AvgIpc) is 2.70. The van der Waals surface area contributed by atoms with Crippen LogP contribution in [0.4, 0.5) is 13.2 Å². The van der Waals surface area contributed by atoms with Crippen molar-refractivity contribution in [3.8, 4) is 0 Å². The predicted molar refractivity (Wildman–Crippen MR) is 61.6 cm³/mol. The third-order valence-electron chi connectivity index (χ3n) is 2.96. The van der Waals surface area contributed by atoms with Gasteiger partial charge < -0.3 is 5.01 Å². The van der Waals surface area contributed by atoms with Crippen molar-refractivity contribution in [2.24, 2.45) is 0 Å². The molecule has 0 saturated carbocycles. The number of carbonyl (C=O) groups excluding carboxylic acids is 1. The van der Waals surface area contributed by atoms with Gasteiger partial charge in [0.25, 0.3) is 0 Å². The van der Waals surface area contributed by atoms with E-state index in [9.17, 15) is 28.1 Å². The van der Waals surface area contributed by atoms with Crippen LogP contribution in [-0.2, 0) is 4.79 Å². The number of nitrogens with zero attached hydrogens (tertiary/aromatic N) is 2. The van der Waals surface area contributed by atoms with Gasteiger partial charge in [-0.2, -0.15) is 13.2 Å². The maximum absolute atomic E-state index is 12.7. The Hall–Kier alpha value is -2.16. The lowest BCUT2D eigenvalue weighted by molar-refractivity contribution is -0.420. The molecule has 0 spiro atoms. The molecular formula is C11H10F3N3O3. The molecule has 0 amide bonds. The van der Waals surface area contributed by atoms with Gasteiger partial charge in [-0.05, 0) is 6.08 Å². The predicted octanol–water partition coefficient (Wildman–Crippen LogP) is 1.31. The second-order valence-corrected chi connectivity index (χ2v) is 4.31. The summed E-state index contributed by atoms with van der Waals surface area (Å²) in [6.07, 6.45) is -1.18. The Kier molecular flexibility index (Phi) is 3.38. The average molecular weight is 289 g/mol. The number of hydrogen-bond acceptors (Lipinski definition) is 5. The van der Waals surface area contributed by atoms with Gasteiger partial charge in [0, 0.05) is 13.5 Å². The third kappa shape index (κ3) is 2.44. The molecule has 0 aromatic heterocycles. The molecule has 1 unspecified atom stereocenters. The molecule has 0 aromatic rings. The van der Waals surface area contributed by atoms with Gasteiger partial charge in [-0.3, -0.25) is 14.9 Å². The van der Waals surface area contributed by atoms with Gasteiger partial charge in [0.2, 0.25) is 5.78 Å². The summed E-state index contributed by atoms with van der Waals surface area (Å²) in [6.45, 7) is 0. The molecule has 2 aliphatic rings. The summed E-state index contributed by atoms with van der Waals surface area (Å²) in [5.41, 5.74) is 0.746. The normalized spacial score (nSPS) is 23.4. The number of ketones is 1. The molecule has 1 aliphatic carbocycles. The molecular weight excluding hydrogens is 279 g/mol. The van der Waals surface area contributed by atoms with E-state index in [4.69, 9.17) is 0 Å². The minimum absolute atomic E-state index is 0.0719. The van der Waals surface area contributed by atoms with Crippen molar-refractivity contribution in [3.63, 3.8) is 0 Å². The molecule has 0 aromatic carbocycles. The molecule has 108 valence electrons. The minimum atomic E-state index is -4.58. The standard InChI is InChI=1S/C11H10F3N3O3/c1-16-9(11(12,13)14)5-7(15-16)6-3-2-4-8(18)10(6)17(19)20/h2-3,5,7,15H,4H2,1H3. The van der Waals surface area contributed by atoms with Crippen molar-refractivity contribution in [1.82, 2.24) is 10.4 Å². The van der Waals surface area contributed by atoms with Crippen LogP contribution >= 0.6 is 0 Å². The highest BCUT2D eigenvalue weighted by Gasteiger charge is 2.43. The van der Waals surface area contributed by atoms with Crippen molar-refractivity contribution in [3.05, 3.63) is 45.3 Å². The Labute approximate surface area is 111 Å². The van der Waals surface area contributed by atoms with E-state index in [1.165, 1.54) is 12.2 Å². The Morgan fingerprint density at radius 1 is 1.50 bits per heavy atom. The number of alkyl halides is 3. The zero-order valence-electron chi connectivity index (χ0n) is 10.3. The second-order valence-electron chi connectivity index (χ2n) is 4.31. The van der Waals surface area contributed by atoms with Crippen LogP contribution in [0.5, 0.6) is 0 Å². The van der Waals surface area contributed by atoms with Crippen LogP contribution in [0.3, 0.4) is 0 Å². The Morgan fingerprint density at radius 3 is 2.65 bits per heavy atom. The summed E-state index contributed by atoms with van der Waals surface area (Å²) in [6, 6.07) is -1.06. The Morgan fingerprint density at radius 2 is 2.15 bits per heavy atom.